The second-order valence-electron chi connectivity index (χ2n) is 6.71. The molecular weight excluding hydrogens is 314 g/mol. The lowest BCUT2D eigenvalue weighted by molar-refractivity contribution is -0.121. The molecule has 0 aromatic carbocycles. The predicted octanol–water partition coefficient (Wildman–Crippen LogP) is 1.64. The Hall–Kier alpha value is -1.99. The first-order valence-electron chi connectivity index (χ1n) is 8.39. The van der Waals surface area contributed by atoms with Crippen LogP contribution in [0.15, 0.2) is 0 Å². The summed E-state index contributed by atoms with van der Waals surface area (Å²) in [6.07, 6.45) is 0.757. The van der Waals surface area contributed by atoms with Gasteiger partial charge in [-0.25, -0.2) is 9.59 Å². The van der Waals surface area contributed by atoms with Gasteiger partial charge in [-0.1, -0.05) is 0 Å². The number of hydrogen-bond donors (Lipinski definition) is 2. The molecule has 1 saturated heterocycles. The molecule has 8 heteroatoms. The van der Waals surface area contributed by atoms with Crippen molar-refractivity contribution in [2.24, 2.45) is 0 Å². The molecule has 0 atom stereocenters. The maximum absolute atomic E-state index is 11.9. The number of nitrogens with one attached hydrogen (secondary N) is 2. The number of alkyl carbamates (subject to hydrolysis) is 1. The van der Waals surface area contributed by atoms with Crippen molar-refractivity contribution in [2.45, 2.75) is 58.6 Å². The molecule has 138 valence electrons. The molecule has 1 rings (SSSR count). The Morgan fingerprint density at radius 2 is 1.79 bits per heavy atom. The molecule has 1 heterocycles. The number of rotatable bonds is 5. The normalized spacial score (nSPS) is 15.6. The third-order valence-corrected chi connectivity index (χ3v) is 3.41. The van der Waals surface area contributed by atoms with Gasteiger partial charge in [-0.2, -0.15) is 0 Å². The fraction of sp³-hybridized carbons (Fsp3) is 0.812. The fourth-order valence-electron chi connectivity index (χ4n) is 2.31. The molecule has 1 aliphatic rings. The van der Waals surface area contributed by atoms with Crippen LogP contribution in [0.3, 0.4) is 0 Å². The van der Waals surface area contributed by atoms with Gasteiger partial charge in [0.15, 0.2) is 0 Å². The molecule has 0 spiro atoms. The van der Waals surface area contributed by atoms with E-state index in [1.54, 1.807) is 32.6 Å². The van der Waals surface area contributed by atoms with Gasteiger partial charge in [0.1, 0.15) is 5.60 Å². The maximum atomic E-state index is 11.9. The average Bonchev–Trinajstić information content (AvgIpc) is 2.46. The van der Waals surface area contributed by atoms with Crippen molar-refractivity contribution in [3.63, 3.8) is 0 Å². The van der Waals surface area contributed by atoms with Crippen molar-refractivity contribution in [1.82, 2.24) is 15.5 Å². The Morgan fingerprint density at radius 3 is 2.33 bits per heavy atom. The fourth-order valence-corrected chi connectivity index (χ4v) is 2.31. The van der Waals surface area contributed by atoms with Gasteiger partial charge in [0.2, 0.25) is 5.91 Å². The van der Waals surface area contributed by atoms with E-state index in [0.717, 1.165) is 0 Å². The van der Waals surface area contributed by atoms with Crippen molar-refractivity contribution in [3.05, 3.63) is 0 Å². The molecule has 24 heavy (non-hydrogen) atoms. The van der Waals surface area contributed by atoms with Crippen molar-refractivity contribution in [2.75, 3.05) is 26.2 Å². The molecule has 0 aromatic rings. The van der Waals surface area contributed by atoms with Crippen molar-refractivity contribution < 1.29 is 23.9 Å². The summed E-state index contributed by atoms with van der Waals surface area (Å²) in [7, 11) is 0. The minimum Gasteiger partial charge on any atom is -0.450 e. The first kappa shape index (κ1) is 20.1. The van der Waals surface area contributed by atoms with Crippen LogP contribution in [-0.2, 0) is 14.3 Å². The second kappa shape index (κ2) is 9.34. The van der Waals surface area contributed by atoms with Crippen LogP contribution in [0.5, 0.6) is 0 Å². The van der Waals surface area contributed by atoms with Crippen molar-refractivity contribution in [1.29, 1.82) is 0 Å². The maximum Gasteiger partial charge on any atom is 0.409 e. The van der Waals surface area contributed by atoms with Gasteiger partial charge in [-0.3, -0.25) is 4.79 Å². The van der Waals surface area contributed by atoms with Crippen LogP contribution >= 0.6 is 0 Å². The number of nitrogens with zero attached hydrogens (tertiary/aromatic N) is 1. The summed E-state index contributed by atoms with van der Waals surface area (Å²) in [6, 6.07) is 0.0460. The van der Waals surface area contributed by atoms with E-state index >= 15 is 0 Å². The Kier molecular flexibility index (Phi) is 7.81. The topological polar surface area (TPSA) is 97.0 Å². The summed E-state index contributed by atoms with van der Waals surface area (Å²) in [5, 5.41) is 5.47. The number of hydrogen-bond acceptors (Lipinski definition) is 5. The largest absolute Gasteiger partial charge is 0.450 e. The van der Waals surface area contributed by atoms with E-state index in [1.165, 1.54) is 0 Å². The van der Waals surface area contributed by atoms with Crippen LogP contribution in [0.25, 0.3) is 0 Å². The zero-order chi connectivity index (χ0) is 18.2. The smallest absolute Gasteiger partial charge is 0.409 e. The molecule has 1 fully saturated rings. The highest BCUT2D eigenvalue weighted by atomic mass is 16.6. The van der Waals surface area contributed by atoms with E-state index in [-0.39, 0.29) is 31.0 Å². The highest BCUT2D eigenvalue weighted by Crippen LogP contribution is 2.11. The van der Waals surface area contributed by atoms with E-state index in [4.69, 9.17) is 9.47 Å². The van der Waals surface area contributed by atoms with E-state index in [1.807, 2.05) is 0 Å². The van der Waals surface area contributed by atoms with E-state index < -0.39 is 11.7 Å². The molecule has 0 radical (unpaired) electrons. The van der Waals surface area contributed by atoms with E-state index in [2.05, 4.69) is 10.6 Å². The van der Waals surface area contributed by atoms with Crippen LogP contribution in [0.4, 0.5) is 9.59 Å². The highest BCUT2D eigenvalue weighted by molar-refractivity contribution is 5.77. The number of carbonyl (C=O) groups excluding carboxylic acids is 3. The molecule has 2 N–H and O–H groups in total. The summed E-state index contributed by atoms with van der Waals surface area (Å²) in [5.41, 5.74) is -0.556. The zero-order valence-corrected chi connectivity index (χ0v) is 15.0. The summed E-state index contributed by atoms with van der Waals surface area (Å²) in [4.78, 5) is 36.6. The SMILES string of the molecule is CCOC(=O)N1CCC(NC(=O)CCNC(=O)OC(C)(C)C)CC1. The first-order valence-corrected chi connectivity index (χ1v) is 8.39. The Balaban J connectivity index is 2.18. The van der Waals surface area contributed by atoms with Crippen molar-refractivity contribution >= 4 is 18.1 Å². The summed E-state index contributed by atoms with van der Waals surface area (Å²) in [6.45, 7) is 8.84. The molecule has 0 saturated carbocycles. The lowest BCUT2D eigenvalue weighted by atomic mass is 10.1. The average molecular weight is 343 g/mol. The third kappa shape index (κ3) is 8.03. The van der Waals surface area contributed by atoms with Gasteiger partial charge < -0.3 is 25.0 Å². The summed E-state index contributed by atoms with van der Waals surface area (Å²) >= 11 is 0. The zero-order valence-electron chi connectivity index (χ0n) is 15.0. The van der Waals surface area contributed by atoms with Crippen LogP contribution in [0, 0.1) is 0 Å². The minimum atomic E-state index is -0.556. The van der Waals surface area contributed by atoms with Gasteiger partial charge in [0.05, 0.1) is 6.61 Å². The van der Waals surface area contributed by atoms with Crippen molar-refractivity contribution in [3.8, 4) is 0 Å². The number of carbonyl (C=O) groups is 3. The van der Waals surface area contributed by atoms with Crippen LogP contribution < -0.4 is 10.6 Å². The van der Waals surface area contributed by atoms with Gasteiger partial charge in [-0.05, 0) is 40.5 Å². The van der Waals surface area contributed by atoms with Crippen LogP contribution in [0.1, 0.15) is 47.0 Å². The van der Waals surface area contributed by atoms with Gasteiger partial charge in [0, 0.05) is 32.1 Å². The monoisotopic (exact) mass is 343 g/mol. The second-order valence-corrected chi connectivity index (χ2v) is 6.71. The predicted molar refractivity (Wildman–Crippen MR) is 88.6 cm³/mol. The molecule has 0 bridgehead atoms. The summed E-state index contributed by atoms with van der Waals surface area (Å²) < 4.78 is 10.0. The molecule has 1 aliphatic heterocycles. The molecular formula is C16H29N3O5. The Morgan fingerprint density at radius 1 is 1.17 bits per heavy atom. The quantitative estimate of drug-likeness (QED) is 0.791. The molecule has 8 nitrogen and oxygen atoms in total. The third-order valence-electron chi connectivity index (χ3n) is 3.41. The first-order chi connectivity index (χ1) is 11.2. The Bertz CT molecular complexity index is 439. The standard InChI is InChI=1S/C16H29N3O5/c1-5-23-15(22)19-10-7-12(8-11-19)18-13(20)6-9-17-14(21)24-16(2,3)4/h12H,5-11H2,1-4H3,(H,17,21)(H,18,20). The number of likely N-dealkylation sites (tertiary alicyclic amines) is 1. The van der Waals surface area contributed by atoms with Gasteiger partial charge in [0.25, 0.3) is 0 Å². The Labute approximate surface area is 143 Å². The molecule has 0 aliphatic carbocycles. The number of piperidine rings is 1. The molecule has 0 aromatic heterocycles. The molecule has 0 unspecified atom stereocenters. The number of ether oxygens (including phenoxy) is 2. The van der Waals surface area contributed by atoms with Crippen LogP contribution in [-0.4, -0.2) is 60.9 Å². The van der Waals surface area contributed by atoms with Gasteiger partial charge in [-0.15, -0.1) is 0 Å². The van der Waals surface area contributed by atoms with E-state index in [9.17, 15) is 14.4 Å². The lowest BCUT2D eigenvalue weighted by Crippen LogP contribution is -2.47. The minimum absolute atomic E-state index is 0.0460. The highest BCUT2D eigenvalue weighted by Gasteiger charge is 2.24. The summed E-state index contributed by atoms with van der Waals surface area (Å²) in [5.74, 6) is -0.124. The number of amides is 3. The van der Waals surface area contributed by atoms with Gasteiger partial charge >= 0.3 is 12.2 Å². The van der Waals surface area contributed by atoms with E-state index in [0.29, 0.717) is 32.5 Å². The van der Waals surface area contributed by atoms with Crippen LogP contribution in [0.2, 0.25) is 0 Å². The molecule has 3 amide bonds. The lowest BCUT2D eigenvalue weighted by Gasteiger charge is -2.31.